The van der Waals surface area contributed by atoms with Gasteiger partial charge in [0.15, 0.2) is 0 Å². The van der Waals surface area contributed by atoms with Gasteiger partial charge in [-0.05, 0) is 41.1 Å². The van der Waals surface area contributed by atoms with Gasteiger partial charge in [-0.25, -0.2) is 4.98 Å². The summed E-state index contributed by atoms with van der Waals surface area (Å²) in [6, 6.07) is 18.1. The molecule has 0 saturated carbocycles. The Labute approximate surface area is 119 Å². The van der Waals surface area contributed by atoms with E-state index >= 15 is 0 Å². The highest BCUT2D eigenvalue weighted by Crippen LogP contribution is 2.31. The van der Waals surface area contributed by atoms with Crippen LogP contribution in [-0.4, -0.2) is 4.98 Å². The average molecular weight is 263 g/mol. The lowest BCUT2D eigenvalue weighted by molar-refractivity contribution is 0.469. The largest absolute Gasteiger partial charge is 0.438 e. The standard InChI is InChI=1S/C18H17NO/c1-13(2)15-9-6-10-17-16(15)11-12-19-18(17)20-14-7-4-3-5-8-14/h3-13H,1-2H3. The molecule has 0 N–H and O–H groups in total. The molecule has 0 aliphatic rings. The molecule has 0 radical (unpaired) electrons. The first kappa shape index (κ1) is 12.7. The van der Waals surface area contributed by atoms with E-state index in [1.807, 2.05) is 36.5 Å². The Morgan fingerprint density at radius 1 is 0.850 bits per heavy atom. The van der Waals surface area contributed by atoms with Crippen LogP contribution < -0.4 is 4.74 Å². The summed E-state index contributed by atoms with van der Waals surface area (Å²) >= 11 is 0. The van der Waals surface area contributed by atoms with Crippen molar-refractivity contribution in [1.29, 1.82) is 0 Å². The van der Waals surface area contributed by atoms with Gasteiger partial charge in [-0.2, -0.15) is 0 Å². The quantitative estimate of drug-likeness (QED) is 0.652. The van der Waals surface area contributed by atoms with Gasteiger partial charge in [-0.3, -0.25) is 0 Å². The molecule has 2 heteroatoms. The summed E-state index contributed by atoms with van der Waals surface area (Å²) in [5, 5.41) is 2.27. The minimum Gasteiger partial charge on any atom is -0.438 e. The van der Waals surface area contributed by atoms with E-state index in [1.165, 1.54) is 10.9 Å². The van der Waals surface area contributed by atoms with Crippen molar-refractivity contribution in [2.24, 2.45) is 0 Å². The van der Waals surface area contributed by atoms with Crippen molar-refractivity contribution >= 4 is 10.8 Å². The van der Waals surface area contributed by atoms with Crippen LogP contribution in [0.4, 0.5) is 0 Å². The number of ether oxygens (including phenoxy) is 1. The Bertz CT molecular complexity index is 720. The van der Waals surface area contributed by atoms with Gasteiger partial charge in [0, 0.05) is 11.6 Å². The Balaban J connectivity index is 2.10. The zero-order valence-electron chi connectivity index (χ0n) is 11.7. The first-order chi connectivity index (χ1) is 9.75. The molecule has 0 unspecified atom stereocenters. The fourth-order valence-corrected chi connectivity index (χ4v) is 2.39. The molecule has 1 aromatic heterocycles. The van der Waals surface area contributed by atoms with Crippen molar-refractivity contribution in [2.75, 3.05) is 0 Å². The zero-order chi connectivity index (χ0) is 13.9. The van der Waals surface area contributed by atoms with Crippen molar-refractivity contribution in [1.82, 2.24) is 4.98 Å². The second kappa shape index (κ2) is 5.33. The van der Waals surface area contributed by atoms with E-state index in [4.69, 9.17) is 4.74 Å². The predicted molar refractivity (Wildman–Crippen MR) is 82.3 cm³/mol. The molecule has 0 amide bonds. The van der Waals surface area contributed by atoms with Crippen molar-refractivity contribution in [3.8, 4) is 11.6 Å². The summed E-state index contributed by atoms with van der Waals surface area (Å²) < 4.78 is 5.92. The van der Waals surface area contributed by atoms with Crippen LogP contribution in [-0.2, 0) is 0 Å². The number of nitrogens with zero attached hydrogens (tertiary/aromatic N) is 1. The molecule has 20 heavy (non-hydrogen) atoms. The number of hydrogen-bond donors (Lipinski definition) is 0. The lowest BCUT2D eigenvalue weighted by Crippen LogP contribution is -1.93. The van der Waals surface area contributed by atoms with Gasteiger partial charge in [0.05, 0.1) is 0 Å². The van der Waals surface area contributed by atoms with Gasteiger partial charge in [0.25, 0.3) is 0 Å². The monoisotopic (exact) mass is 263 g/mol. The van der Waals surface area contributed by atoms with E-state index < -0.39 is 0 Å². The molecule has 3 rings (SSSR count). The number of benzene rings is 2. The van der Waals surface area contributed by atoms with Gasteiger partial charge in [0.2, 0.25) is 5.88 Å². The van der Waals surface area contributed by atoms with Crippen LogP contribution in [0, 0.1) is 0 Å². The molecule has 0 fully saturated rings. The first-order valence-electron chi connectivity index (χ1n) is 6.86. The third-order valence-corrected chi connectivity index (χ3v) is 3.38. The number of rotatable bonds is 3. The minimum absolute atomic E-state index is 0.477. The van der Waals surface area contributed by atoms with Gasteiger partial charge in [-0.1, -0.05) is 44.2 Å². The maximum Gasteiger partial charge on any atom is 0.227 e. The molecule has 3 aromatic rings. The van der Waals surface area contributed by atoms with Crippen molar-refractivity contribution in [2.45, 2.75) is 19.8 Å². The van der Waals surface area contributed by atoms with Gasteiger partial charge in [0.1, 0.15) is 5.75 Å². The van der Waals surface area contributed by atoms with E-state index in [0.717, 1.165) is 11.1 Å². The Hall–Kier alpha value is -2.35. The number of aromatic nitrogens is 1. The SMILES string of the molecule is CC(C)c1cccc2c(Oc3ccccc3)nccc12. The summed E-state index contributed by atoms with van der Waals surface area (Å²) in [7, 11) is 0. The molecule has 0 spiro atoms. The van der Waals surface area contributed by atoms with Crippen molar-refractivity contribution in [3.05, 3.63) is 66.4 Å². The number of hydrogen-bond acceptors (Lipinski definition) is 2. The van der Waals surface area contributed by atoms with Crippen molar-refractivity contribution < 1.29 is 4.74 Å². The number of pyridine rings is 1. The van der Waals surface area contributed by atoms with Crippen LogP contribution in [0.2, 0.25) is 0 Å². The Morgan fingerprint density at radius 2 is 1.65 bits per heavy atom. The van der Waals surface area contributed by atoms with E-state index in [2.05, 4.69) is 43.1 Å². The van der Waals surface area contributed by atoms with Gasteiger partial charge >= 0.3 is 0 Å². The molecule has 0 bridgehead atoms. The maximum absolute atomic E-state index is 5.92. The lowest BCUT2D eigenvalue weighted by atomic mass is 9.97. The second-order valence-electron chi connectivity index (χ2n) is 5.13. The van der Waals surface area contributed by atoms with Gasteiger partial charge < -0.3 is 4.74 Å². The minimum atomic E-state index is 0.477. The first-order valence-corrected chi connectivity index (χ1v) is 6.86. The predicted octanol–water partition coefficient (Wildman–Crippen LogP) is 5.15. The molecular weight excluding hydrogens is 246 g/mol. The Morgan fingerprint density at radius 3 is 2.40 bits per heavy atom. The van der Waals surface area contributed by atoms with Crippen LogP contribution in [0.15, 0.2) is 60.8 Å². The molecule has 0 aliphatic carbocycles. The van der Waals surface area contributed by atoms with E-state index in [1.54, 1.807) is 0 Å². The normalized spacial score (nSPS) is 10.9. The fourth-order valence-electron chi connectivity index (χ4n) is 2.39. The molecule has 0 aliphatic heterocycles. The molecule has 0 atom stereocenters. The molecule has 0 saturated heterocycles. The average Bonchev–Trinajstić information content (AvgIpc) is 2.48. The molecule has 100 valence electrons. The molecular formula is C18H17NO. The van der Waals surface area contributed by atoms with E-state index in [0.29, 0.717) is 11.8 Å². The maximum atomic E-state index is 5.92. The second-order valence-corrected chi connectivity index (χ2v) is 5.13. The lowest BCUT2D eigenvalue weighted by Gasteiger charge is -2.12. The third-order valence-electron chi connectivity index (χ3n) is 3.38. The highest BCUT2D eigenvalue weighted by Gasteiger charge is 2.09. The highest BCUT2D eigenvalue weighted by atomic mass is 16.5. The van der Waals surface area contributed by atoms with Crippen LogP contribution in [0.5, 0.6) is 11.6 Å². The van der Waals surface area contributed by atoms with E-state index in [-0.39, 0.29) is 0 Å². The fraction of sp³-hybridized carbons (Fsp3) is 0.167. The van der Waals surface area contributed by atoms with Crippen molar-refractivity contribution in [3.63, 3.8) is 0 Å². The smallest absolute Gasteiger partial charge is 0.227 e. The molecule has 1 heterocycles. The highest BCUT2D eigenvalue weighted by molar-refractivity contribution is 5.90. The number of fused-ring (bicyclic) bond motifs is 1. The third kappa shape index (κ3) is 2.37. The van der Waals surface area contributed by atoms with Gasteiger partial charge in [-0.15, -0.1) is 0 Å². The van der Waals surface area contributed by atoms with Crippen LogP contribution >= 0.6 is 0 Å². The molecule has 2 aromatic carbocycles. The molecule has 2 nitrogen and oxygen atoms in total. The summed E-state index contributed by atoms with van der Waals surface area (Å²) in [4.78, 5) is 4.38. The topological polar surface area (TPSA) is 22.1 Å². The van der Waals surface area contributed by atoms with Crippen LogP contribution in [0.3, 0.4) is 0 Å². The summed E-state index contributed by atoms with van der Waals surface area (Å²) in [5.41, 5.74) is 1.32. The summed E-state index contributed by atoms with van der Waals surface area (Å²) in [5.74, 6) is 1.95. The number of para-hydroxylation sites is 1. The zero-order valence-corrected chi connectivity index (χ0v) is 11.7. The van der Waals surface area contributed by atoms with Crippen LogP contribution in [0.1, 0.15) is 25.3 Å². The van der Waals surface area contributed by atoms with E-state index in [9.17, 15) is 0 Å². The summed E-state index contributed by atoms with van der Waals surface area (Å²) in [6.07, 6.45) is 1.81. The summed E-state index contributed by atoms with van der Waals surface area (Å²) in [6.45, 7) is 4.40. The Kier molecular flexibility index (Phi) is 3.38. The van der Waals surface area contributed by atoms with Crippen LogP contribution in [0.25, 0.3) is 10.8 Å².